The van der Waals surface area contributed by atoms with Crippen LogP contribution in [0.5, 0.6) is 0 Å². The van der Waals surface area contributed by atoms with E-state index in [9.17, 15) is 0 Å². The first-order chi connectivity index (χ1) is 6.36. The molecule has 3 rings (SSSR count). The van der Waals surface area contributed by atoms with Gasteiger partial charge in [-0.2, -0.15) is 0 Å². The number of allylic oxidation sites excluding steroid dienone is 2. The van der Waals surface area contributed by atoms with Gasteiger partial charge in [-0.25, -0.2) is 0 Å². The predicted molar refractivity (Wildman–Crippen MR) is 55.4 cm³/mol. The molecule has 0 bridgehead atoms. The molecule has 0 spiro atoms. The molecule has 0 N–H and O–H groups in total. The molecule has 13 heavy (non-hydrogen) atoms. The number of fused-ring (bicyclic) bond motifs is 3. The van der Waals surface area contributed by atoms with Crippen molar-refractivity contribution in [2.75, 3.05) is 0 Å². The normalized spacial score (nSPS) is 48.5. The minimum atomic E-state index is 1.02. The van der Waals surface area contributed by atoms with Crippen LogP contribution in [0, 0.1) is 23.7 Å². The second-order valence-corrected chi connectivity index (χ2v) is 5.42. The highest BCUT2D eigenvalue weighted by molar-refractivity contribution is 5.18. The highest BCUT2D eigenvalue weighted by atomic mass is 14.5. The Labute approximate surface area is 81.4 Å². The SMILES string of the molecule is CC1CC2CC=C3CCCCC3C12. The van der Waals surface area contributed by atoms with Crippen molar-refractivity contribution in [3.63, 3.8) is 0 Å². The Morgan fingerprint density at radius 1 is 1.31 bits per heavy atom. The Hall–Kier alpha value is -0.260. The zero-order chi connectivity index (χ0) is 8.84. The lowest BCUT2D eigenvalue weighted by Gasteiger charge is -2.52. The van der Waals surface area contributed by atoms with Crippen LogP contribution in [0.2, 0.25) is 0 Å². The third-order valence-electron chi connectivity index (χ3n) is 4.73. The van der Waals surface area contributed by atoms with Crippen molar-refractivity contribution in [2.24, 2.45) is 23.7 Å². The number of hydrogen-bond acceptors (Lipinski definition) is 0. The lowest BCUT2D eigenvalue weighted by atomic mass is 9.53. The summed E-state index contributed by atoms with van der Waals surface area (Å²) in [5.41, 5.74) is 1.85. The molecule has 2 fully saturated rings. The molecular weight excluding hydrogens is 156 g/mol. The molecule has 0 heterocycles. The Morgan fingerprint density at radius 2 is 2.23 bits per heavy atom. The molecule has 0 saturated heterocycles. The summed E-state index contributed by atoms with van der Waals surface area (Å²) < 4.78 is 0. The number of hydrogen-bond donors (Lipinski definition) is 0. The quantitative estimate of drug-likeness (QED) is 0.493. The van der Waals surface area contributed by atoms with Gasteiger partial charge < -0.3 is 0 Å². The van der Waals surface area contributed by atoms with Gasteiger partial charge in [0.1, 0.15) is 0 Å². The lowest BCUT2D eigenvalue weighted by molar-refractivity contribution is 0.0253. The molecule has 0 radical (unpaired) electrons. The average Bonchev–Trinajstić information content (AvgIpc) is 2.14. The van der Waals surface area contributed by atoms with Crippen LogP contribution in [0.1, 0.15) is 45.4 Å². The second kappa shape index (κ2) is 2.87. The van der Waals surface area contributed by atoms with Crippen molar-refractivity contribution in [1.82, 2.24) is 0 Å². The van der Waals surface area contributed by atoms with Gasteiger partial charge in [-0.15, -0.1) is 0 Å². The van der Waals surface area contributed by atoms with Gasteiger partial charge in [0.15, 0.2) is 0 Å². The van der Waals surface area contributed by atoms with Crippen molar-refractivity contribution in [1.29, 1.82) is 0 Å². The fraction of sp³-hybridized carbons (Fsp3) is 0.846. The molecule has 3 aliphatic rings. The van der Waals surface area contributed by atoms with E-state index in [0.29, 0.717) is 0 Å². The predicted octanol–water partition coefficient (Wildman–Crippen LogP) is 3.78. The van der Waals surface area contributed by atoms with Crippen LogP contribution < -0.4 is 0 Å². The van der Waals surface area contributed by atoms with Gasteiger partial charge >= 0.3 is 0 Å². The molecule has 0 aromatic rings. The smallest absolute Gasteiger partial charge is 0.0170 e. The Morgan fingerprint density at radius 3 is 3.08 bits per heavy atom. The maximum absolute atomic E-state index is 2.59. The highest BCUT2D eigenvalue weighted by Gasteiger charge is 2.45. The Kier molecular flexibility index (Phi) is 1.78. The van der Waals surface area contributed by atoms with Gasteiger partial charge in [0.25, 0.3) is 0 Å². The zero-order valence-electron chi connectivity index (χ0n) is 8.63. The lowest BCUT2D eigenvalue weighted by Crippen LogP contribution is -2.43. The van der Waals surface area contributed by atoms with Crippen molar-refractivity contribution in [3.05, 3.63) is 11.6 Å². The van der Waals surface area contributed by atoms with E-state index >= 15 is 0 Å². The molecule has 0 nitrogen and oxygen atoms in total. The largest absolute Gasteiger partial charge is 0.0848 e. The average molecular weight is 176 g/mol. The zero-order valence-corrected chi connectivity index (χ0v) is 8.63. The first-order valence-corrected chi connectivity index (χ1v) is 6.05. The monoisotopic (exact) mass is 176 g/mol. The van der Waals surface area contributed by atoms with Crippen molar-refractivity contribution in [3.8, 4) is 0 Å². The molecule has 0 amide bonds. The van der Waals surface area contributed by atoms with Gasteiger partial charge in [-0.3, -0.25) is 0 Å². The fourth-order valence-electron chi connectivity index (χ4n) is 4.10. The standard InChI is InChI=1S/C13H20/c1-9-8-11-7-6-10-4-2-3-5-12(10)13(9)11/h6,9,11-13H,2-5,7-8H2,1H3. The molecule has 2 saturated carbocycles. The molecule has 0 aromatic carbocycles. The minimum absolute atomic E-state index is 1.02. The molecule has 0 heteroatoms. The summed E-state index contributed by atoms with van der Waals surface area (Å²) in [7, 11) is 0. The molecule has 3 aliphatic carbocycles. The summed E-state index contributed by atoms with van der Waals surface area (Å²) in [5, 5.41) is 0. The van der Waals surface area contributed by atoms with E-state index < -0.39 is 0 Å². The van der Waals surface area contributed by atoms with Gasteiger partial charge in [0.05, 0.1) is 0 Å². The Balaban J connectivity index is 1.85. The summed E-state index contributed by atoms with van der Waals surface area (Å²) in [5.74, 6) is 4.25. The van der Waals surface area contributed by atoms with Gasteiger partial charge in [-0.05, 0) is 55.8 Å². The van der Waals surface area contributed by atoms with Crippen LogP contribution in [0.15, 0.2) is 11.6 Å². The number of rotatable bonds is 0. The topological polar surface area (TPSA) is 0 Å². The van der Waals surface area contributed by atoms with Crippen LogP contribution in [0.4, 0.5) is 0 Å². The first-order valence-electron chi connectivity index (χ1n) is 6.05. The van der Waals surface area contributed by atoms with Crippen molar-refractivity contribution >= 4 is 0 Å². The first kappa shape index (κ1) is 8.08. The third-order valence-corrected chi connectivity index (χ3v) is 4.73. The van der Waals surface area contributed by atoms with Gasteiger partial charge in [-0.1, -0.05) is 25.0 Å². The highest BCUT2D eigenvalue weighted by Crippen LogP contribution is 2.55. The van der Waals surface area contributed by atoms with E-state index in [-0.39, 0.29) is 0 Å². The minimum Gasteiger partial charge on any atom is -0.0848 e. The van der Waals surface area contributed by atoms with Crippen LogP contribution in [0.3, 0.4) is 0 Å². The summed E-state index contributed by atoms with van der Waals surface area (Å²) in [4.78, 5) is 0. The third kappa shape index (κ3) is 1.11. The van der Waals surface area contributed by atoms with Crippen LogP contribution >= 0.6 is 0 Å². The van der Waals surface area contributed by atoms with E-state index in [1.807, 2.05) is 5.57 Å². The Bertz CT molecular complexity index is 238. The maximum atomic E-state index is 2.59. The maximum Gasteiger partial charge on any atom is -0.0170 e. The van der Waals surface area contributed by atoms with E-state index in [4.69, 9.17) is 0 Å². The van der Waals surface area contributed by atoms with Crippen LogP contribution in [0.25, 0.3) is 0 Å². The van der Waals surface area contributed by atoms with Gasteiger partial charge in [0.2, 0.25) is 0 Å². The van der Waals surface area contributed by atoms with E-state index in [1.54, 1.807) is 0 Å². The molecule has 0 aliphatic heterocycles. The molecule has 4 atom stereocenters. The van der Waals surface area contributed by atoms with E-state index in [0.717, 1.165) is 23.7 Å². The van der Waals surface area contributed by atoms with Crippen molar-refractivity contribution in [2.45, 2.75) is 45.4 Å². The second-order valence-electron chi connectivity index (χ2n) is 5.42. The molecule has 0 aromatic heterocycles. The van der Waals surface area contributed by atoms with E-state index in [2.05, 4.69) is 13.0 Å². The summed E-state index contributed by atoms with van der Waals surface area (Å²) in [6.07, 6.45) is 11.4. The summed E-state index contributed by atoms with van der Waals surface area (Å²) >= 11 is 0. The molecule has 72 valence electrons. The van der Waals surface area contributed by atoms with Crippen LogP contribution in [-0.4, -0.2) is 0 Å². The summed E-state index contributed by atoms with van der Waals surface area (Å²) in [6.45, 7) is 2.47. The van der Waals surface area contributed by atoms with Gasteiger partial charge in [0, 0.05) is 0 Å². The summed E-state index contributed by atoms with van der Waals surface area (Å²) in [6, 6.07) is 0. The van der Waals surface area contributed by atoms with Crippen molar-refractivity contribution < 1.29 is 0 Å². The molecule has 4 unspecified atom stereocenters. The molecular formula is C13H20. The van der Waals surface area contributed by atoms with Crippen LogP contribution in [-0.2, 0) is 0 Å². The van der Waals surface area contributed by atoms with E-state index in [1.165, 1.54) is 38.5 Å². The fourth-order valence-corrected chi connectivity index (χ4v) is 4.10.